The molecule has 0 amide bonds. The summed E-state index contributed by atoms with van der Waals surface area (Å²) in [6.45, 7) is 0. The highest BCUT2D eigenvalue weighted by atomic mass is 32.1. The molecule has 0 saturated heterocycles. The Morgan fingerprint density at radius 2 is 2.07 bits per heavy atom. The molecule has 0 atom stereocenters. The van der Waals surface area contributed by atoms with E-state index in [-0.39, 0.29) is 11.2 Å². The quantitative estimate of drug-likeness (QED) is 0.688. The van der Waals surface area contributed by atoms with Gasteiger partial charge in [-0.1, -0.05) is 0 Å². The third kappa shape index (κ3) is 1.31. The van der Waals surface area contributed by atoms with E-state index in [0.29, 0.717) is 0 Å². The van der Waals surface area contributed by atoms with E-state index in [9.17, 15) is 9.59 Å². The Bertz CT molecular complexity index is 551. The van der Waals surface area contributed by atoms with Crippen LogP contribution in [0.1, 0.15) is 0 Å². The van der Waals surface area contributed by atoms with Gasteiger partial charge in [-0.15, -0.1) is 0 Å². The standard InChI is InChI=1S/C9H8N2O2S/c1-10-8(12)2-4-11(9(10)13)7-3-5-14-6-7/h2-6H,1H3. The highest BCUT2D eigenvalue weighted by Gasteiger charge is 2.02. The molecule has 0 fully saturated rings. The molecule has 0 bridgehead atoms. The van der Waals surface area contributed by atoms with Gasteiger partial charge in [0.05, 0.1) is 5.69 Å². The fourth-order valence-corrected chi connectivity index (χ4v) is 1.79. The van der Waals surface area contributed by atoms with Crippen LogP contribution in [0.5, 0.6) is 0 Å². The molecular formula is C9H8N2O2S. The van der Waals surface area contributed by atoms with Gasteiger partial charge < -0.3 is 0 Å². The second-order valence-corrected chi connectivity index (χ2v) is 3.63. The number of aromatic nitrogens is 2. The molecule has 0 N–H and O–H groups in total. The predicted molar refractivity (Wildman–Crippen MR) is 55.2 cm³/mol. The molecule has 2 aromatic heterocycles. The Labute approximate surface area is 83.7 Å². The minimum absolute atomic E-state index is 0.290. The largest absolute Gasteiger partial charge is 0.335 e. The molecular weight excluding hydrogens is 200 g/mol. The summed E-state index contributed by atoms with van der Waals surface area (Å²) < 4.78 is 2.52. The van der Waals surface area contributed by atoms with Gasteiger partial charge >= 0.3 is 5.69 Å². The van der Waals surface area contributed by atoms with Crippen LogP contribution in [0, 0.1) is 0 Å². The maximum atomic E-state index is 11.6. The number of rotatable bonds is 1. The van der Waals surface area contributed by atoms with Crippen LogP contribution in [0.3, 0.4) is 0 Å². The Hall–Kier alpha value is -1.62. The van der Waals surface area contributed by atoms with Gasteiger partial charge in [-0.2, -0.15) is 11.3 Å². The average Bonchev–Trinajstić information content (AvgIpc) is 2.67. The molecule has 0 unspecified atom stereocenters. The first-order valence-electron chi connectivity index (χ1n) is 4.01. The van der Waals surface area contributed by atoms with Gasteiger partial charge in [-0.05, 0) is 11.4 Å². The third-order valence-electron chi connectivity index (χ3n) is 1.97. The monoisotopic (exact) mass is 208 g/mol. The van der Waals surface area contributed by atoms with Gasteiger partial charge in [0.2, 0.25) is 0 Å². The van der Waals surface area contributed by atoms with Gasteiger partial charge in [0, 0.05) is 24.7 Å². The Kier molecular flexibility index (Phi) is 2.09. The SMILES string of the molecule is Cn1c(=O)ccn(-c2ccsc2)c1=O. The van der Waals surface area contributed by atoms with Crippen molar-refractivity contribution in [2.75, 3.05) is 0 Å². The summed E-state index contributed by atoms with van der Waals surface area (Å²) in [4.78, 5) is 22.7. The molecule has 0 saturated carbocycles. The molecule has 0 aliphatic carbocycles. The first-order chi connectivity index (χ1) is 6.70. The molecule has 0 aromatic carbocycles. The van der Waals surface area contributed by atoms with E-state index < -0.39 is 0 Å². The number of thiophene rings is 1. The summed E-state index contributed by atoms with van der Waals surface area (Å²) in [5.41, 5.74) is 0.174. The lowest BCUT2D eigenvalue weighted by atomic mass is 10.5. The smallest absolute Gasteiger partial charge is 0.269 e. The van der Waals surface area contributed by atoms with E-state index in [1.807, 2.05) is 16.8 Å². The van der Waals surface area contributed by atoms with Crippen molar-refractivity contribution in [2.24, 2.45) is 7.05 Å². The van der Waals surface area contributed by atoms with Crippen LogP contribution < -0.4 is 11.2 Å². The lowest BCUT2D eigenvalue weighted by Crippen LogP contribution is -2.35. The fourth-order valence-electron chi connectivity index (χ4n) is 1.16. The molecule has 2 heterocycles. The molecule has 0 spiro atoms. The van der Waals surface area contributed by atoms with Crippen molar-refractivity contribution >= 4 is 11.3 Å². The Morgan fingerprint density at radius 3 is 2.71 bits per heavy atom. The van der Waals surface area contributed by atoms with E-state index in [1.54, 1.807) is 0 Å². The molecule has 14 heavy (non-hydrogen) atoms. The van der Waals surface area contributed by atoms with Crippen molar-refractivity contribution in [1.29, 1.82) is 0 Å². The highest BCUT2D eigenvalue weighted by Crippen LogP contribution is 2.08. The normalized spacial score (nSPS) is 10.4. The topological polar surface area (TPSA) is 44.0 Å². The summed E-state index contributed by atoms with van der Waals surface area (Å²) in [6, 6.07) is 3.20. The predicted octanol–water partition coefficient (Wildman–Crippen LogP) is 0.598. The first kappa shape index (κ1) is 8.96. The molecule has 2 aromatic rings. The van der Waals surface area contributed by atoms with Crippen LogP contribution in [0.2, 0.25) is 0 Å². The zero-order valence-electron chi connectivity index (χ0n) is 7.51. The van der Waals surface area contributed by atoms with E-state index >= 15 is 0 Å². The Morgan fingerprint density at radius 1 is 1.29 bits per heavy atom. The van der Waals surface area contributed by atoms with Crippen LogP contribution >= 0.6 is 11.3 Å². The minimum atomic E-state index is -0.323. The highest BCUT2D eigenvalue weighted by molar-refractivity contribution is 7.08. The number of hydrogen-bond donors (Lipinski definition) is 0. The fraction of sp³-hybridized carbons (Fsp3) is 0.111. The maximum Gasteiger partial charge on any atom is 0.335 e. The van der Waals surface area contributed by atoms with Gasteiger partial charge in [0.1, 0.15) is 0 Å². The summed E-state index contributed by atoms with van der Waals surface area (Å²) in [7, 11) is 1.47. The second kappa shape index (κ2) is 3.26. The van der Waals surface area contributed by atoms with Crippen LogP contribution in [-0.2, 0) is 7.05 Å². The molecule has 72 valence electrons. The summed E-state index contributed by atoms with van der Waals surface area (Å²) in [5.74, 6) is 0. The second-order valence-electron chi connectivity index (χ2n) is 2.85. The minimum Gasteiger partial charge on any atom is -0.269 e. The van der Waals surface area contributed by atoms with E-state index in [2.05, 4.69) is 0 Å². The molecule has 0 aliphatic heterocycles. The lowest BCUT2D eigenvalue weighted by molar-refractivity contribution is 0.729. The van der Waals surface area contributed by atoms with Crippen LogP contribution in [-0.4, -0.2) is 9.13 Å². The molecule has 5 heteroatoms. The van der Waals surface area contributed by atoms with Crippen molar-refractivity contribution in [3.63, 3.8) is 0 Å². The lowest BCUT2D eigenvalue weighted by Gasteiger charge is -2.03. The van der Waals surface area contributed by atoms with Crippen LogP contribution in [0.25, 0.3) is 5.69 Å². The number of hydrogen-bond acceptors (Lipinski definition) is 3. The number of nitrogens with zero attached hydrogens (tertiary/aromatic N) is 2. The van der Waals surface area contributed by atoms with Crippen LogP contribution in [0.15, 0.2) is 38.7 Å². The van der Waals surface area contributed by atoms with E-state index in [0.717, 1.165) is 10.3 Å². The average molecular weight is 208 g/mol. The maximum absolute atomic E-state index is 11.6. The zero-order valence-corrected chi connectivity index (χ0v) is 8.32. The van der Waals surface area contributed by atoms with E-state index in [1.165, 1.54) is 35.2 Å². The van der Waals surface area contributed by atoms with Gasteiger partial charge in [0.25, 0.3) is 5.56 Å². The van der Waals surface area contributed by atoms with Crippen molar-refractivity contribution in [3.05, 3.63) is 49.9 Å². The molecule has 0 aliphatic rings. The summed E-state index contributed by atoms with van der Waals surface area (Å²) in [5, 5.41) is 3.73. The van der Waals surface area contributed by atoms with Crippen molar-refractivity contribution in [1.82, 2.24) is 9.13 Å². The van der Waals surface area contributed by atoms with Crippen molar-refractivity contribution < 1.29 is 0 Å². The third-order valence-corrected chi connectivity index (χ3v) is 2.64. The zero-order chi connectivity index (χ0) is 10.1. The molecule has 0 radical (unpaired) electrons. The van der Waals surface area contributed by atoms with Gasteiger partial charge in [-0.25, -0.2) is 4.79 Å². The first-order valence-corrected chi connectivity index (χ1v) is 4.95. The van der Waals surface area contributed by atoms with Gasteiger partial charge in [0.15, 0.2) is 0 Å². The summed E-state index contributed by atoms with van der Waals surface area (Å²) in [6.07, 6.45) is 1.49. The van der Waals surface area contributed by atoms with Crippen molar-refractivity contribution in [2.45, 2.75) is 0 Å². The van der Waals surface area contributed by atoms with E-state index in [4.69, 9.17) is 0 Å². The molecule has 2 rings (SSSR count). The van der Waals surface area contributed by atoms with Gasteiger partial charge in [-0.3, -0.25) is 13.9 Å². The summed E-state index contributed by atoms with van der Waals surface area (Å²) >= 11 is 1.51. The Balaban J connectivity index is 2.74. The molecule has 4 nitrogen and oxygen atoms in total. The van der Waals surface area contributed by atoms with Crippen molar-refractivity contribution in [3.8, 4) is 5.69 Å². The van der Waals surface area contributed by atoms with Crippen LogP contribution in [0.4, 0.5) is 0 Å².